The molecular formula is C19H24N2O4. The molecule has 134 valence electrons. The van der Waals surface area contributed by atoms with Crippen LogP contribution in [0.4, 0.5) is 0 Å². The van der Waals surface area contributed by atoms with Crippen molar-refractivity contribution < 1.29 is 19.4 Å². The average molecular weight is 344 g/mol. The van der Waals surface area contributed by atoms with Crippen molar-refractivity contribution in [3.63, 3.8) is 0 Å². The van der Waals surface area contributed by atoms with Crippen molar-refractivity contribution in [2.75, 3.05) is 6.61 Å². The summed E-state index contributed by atoms with van der Waals surface area (Å²) < 4.78 is 13.8. The van der Waals surface area contributed by atoms with Gasteiger partial charge in [0.2, 0.25) is 0 Å². The topological polar surface area (TPSA) is 73.6 Å². The Balaban J connectivity index is 1.76. The predicted molar refractivity (Wildman–Crippen MR) is 93.3 cm³/mol. The number of hydrogen-bond donors (Lipinski definition) is 1. The molecule has 2 bridgehead atoms. The molecule has 1 aromatic heterocycles. The summed E-state index contributed by atoms with van der Waals surface area (Å²) in [4.78, 5) is 11.6. The second kappa shape index (κ2) is 5.46. The Morgan fingerprint density at radius 3 is 2.60 bits per heavy atom. The first-order valence-electron chi connectivity index (χ1n) is 8.88. The van der Waals surface area contributed by atoms with Crippen LogP contribution in [0, 0.1) is 0 Å². The summed E-state index contributed by atoms with van der Waals surface area (Å²) >= 11 is 0. The van der Waals surface area contributed by atoms with Crippen LogP contribution in [-0.2, 0) is 10.3 Å². The van der Waals surface area contributed by atoms with Gasteiger partial charge in [-0.1, -0.05) is 0 Å². The number of carboxylic acid groups (broad SMARTS) is 1. The van der Waals surface area contributed by atoms with E-state index in [-0.39, 0.29) is 22.8 Å². The van der Waals surface area contributed by atoms with Gasteiger partial charge in [0.25, 0.3) is 0 Å². The van der Waals surface area contributed by atoms with Crippen LogP contribution in [-0.4, -0.2) is 39.2 Å². The summed E-state index contributed by atoms with van der Waals surface area (Å²) in [5, 5.41) is 15.1. The highest BCUT2D eigenvalue weighted by atomic mass is 16.5. The highest BCUT2D eigenvalue weighted by Gasteiger charge is 2.49. The Morgan fingerprint density at radius 2 is 2.04 bits per heavy atom. The van der Waals surface area contributed by atoms with Crippen LogP contribution in [0.2, 0.25) is 0 Å². The minimum absolute atomic E-state index is 0.0169. The Hall–Kier alpha value is -2.08. The van der Waals surface area contributed by atoms with E-state index < -0.39 is 5.97 Å². The molecule has 25 heavy (non-hydrogen) atoms. The number of rotatable bonds is 4. The van der Waals surface area contributed by atoms with Crippen LogP contribution >= 0.6 is 0 Å². The van der Waals surface area contributed by atoms with Gasteiger partial charge in [0.05, 0.1) is 29.4 Å². The van der Waals surface area contributed by atoms with Crippen LogP contribution in [0.3, 0.4) is 0 Å². The predicted octanol–water partition coefficient (Wildman–Crippen LogP) is 3.58. The largest absolute Gasteiger partial charge is 0.490 e. The number of aromatic nitrogens is 2. The molecule has 5 rings (SSSR count). The molecule has 0 spiro atoms. The molecule has 6 nitrogen and oxygen atoms in total. The highest BCUT2D eigenvalue weighted by Crippen LogP contribution is 2.47. The third-order valence-corrected chi connectivity index (χ3v) is 5.61. The zero-order valence-electron chi connectivity index (χ0n) is 14.9. The van der Waals surface area contributed by atoms with Crippen molar-refractivity contribution in [2.24, 2.45) is 0 Å². The zero-order chi connectivity index (χ0) is 17.8. The van der Waals surface area contributed by atoms with Gasteiger partial charge in [-0.3, -0.25) is 4.68 Å². The maximum Gasteiger partial charge on any atom is 0.339 e. The van der Waals surface area contributed by atoms with Crippen molar-refractivity contribution in [3.05, 3.63) is 23.9 Å². The minimum atomic E-state index is -0.988. The summed E-state index contributed by atoms with van der Waals surface area (Å²) in [6.07, 6.45) is 6.01. The number of carbonyl (C=O) groups is 1. The van der Waals surface area contributed by atoms with Crippen molar-refractivity contribution in [1.82, 2.24) is 9.78 Å². The lowest BCUT2D eigenvalue weighted by Crippen LogP contribution is -2.54. The van der Waals surface area contributed by atoms with E-state index in [4.69, 9.17) is 14.6 Å². The lowest BCUT2D eigenvalue weighted by atomic mass is 9.72. The number of ether oxygens (including phenoxy) is 2. The van der Waals surface area contributed by atoms with E-state index in [1.54, 1.807) is 12.1 Å². The molecule has 2 aliphatic heterocycles. The molecule has 2 saturated heterocycles. The van der Waals surface area contributed by atoms with E-state index >= 15 is 0 Å². The van der Waals surface area contributed by atoms with E-state index in [9.17, 15) is 9.90 Å². The first-order chi connectivity index (χ1) is 11.8. The lowest BCUT2D eigenvalue weighted by Gasteiger charge is -2.51. The van der Waals surface area contributed by atoms with Crippen molar-refractivity contribution in [1.29, 1.82) is 0 Å². The molecule has 0 radical (unpaired) electrons. The van der Waals surface area contributed by atoms with Gasteiger partial charge < -0.3 is 14.6 Å². The third kappa shape index (κ3) is 2.68. The van der Waals surface area contributed by atoms with Gasteiger partial charge in [0.1, 0.15) is 11.3 Å². The van der Waals surface area contributed by atoms with Crippen LogP contribution < -0.4 is 4.74 Å². The maximum absolute atomic E-state index is 11.6. The number of benzene rings is 1. The minimum Gasteiger partial charge on any atom is -0.490 e. The van der Waals surface area contributed by atoms with Gasteiger partial charge in [0, 0.05) is 17.6 Å². The van der Waals surface area contributed by atoms with E-state index in [2.05, 4.69) is 6.92 Å². The fraction of sp³-hybridized carbons (Fsp3) is 0.579. The van der Waals surface area contributed by atoms with Gasteiger partial charge >= 0.3 is 5.97 Å². The fourth-order valence-corrected chi connectivity index (χ4v) is 3.95. The lowest BCUT2D eigenvalue weighted by molar-refractivity contribution is -0.169. The van der Waals surface area contributed by atoms with E-state index in [1.807, 2.05) is 24.7 Å². The van der Waals surface area contributed by atoms with Crippen LogP contribution in [0.15, 0.2) is 18.3 Å². The zero-order valence-corrected chi connectivity index (χ0v) is 14.9. The highest BCUT2D eigenvalue weighted by molar-refractivity contribution is 5.96. The molecule has 0 unspecified atom stereocenters. The summed E-state index contributed by atoms with van der Waals surface area (Å²) in [6, 6.07) is 3.40. The van der Waals surface area contributed by atoms with Gasteiger partial charge in [-0.05, 0) is 52.5 Å². The van der Waals surface area contributed by atoms with Gasteiger partial charge in [0.15, 0.2) is 0 Å². The van der Waals surface area contributed by atoms with Crippen molar-refractivity contribution in [2.45, 2.75) is 63.7 Å². The van der Waals surface area contributed by atoms with Crippen LogP contribution in [0.5, 0.6) is 5.75 Å². The molecule has 3 heterocycles. The molecule has 3 aliphatic rings. The molecular weight excluding hydrogens is 320 g/mol. The van der Waals surface area contributed by atoms with Gasteiger partial charge in [-0.15, -0.1) is 0 Å². The number of aromatic carboxylic acids is 1. The second-order valence-electron chi connectivity index (χ2n) is 7.92. The molecule has 3 fully saturated rings. The average Bonchev–Trinajstić information content (AvgIpc) is 2.98. The fourth-order valence-electron chi connectivity index (χ4n) is 3.95. The number of fused-ring (bicyclic) bond motifs is 4. The van der Waals surface area contributed by atoms with E-state index in [1.165, 1.54) is 0 Å². The standard InChI is InChI=1S/C19H24N2O4/c1-12(2)25-16-9-15-13(8-14(16)17(22)23)10-21(20-15)19-6-4-18(3,5-7-19)24-11-19/h8-10,12H,4-7,11H2,1-3H3,(H,22,23). The number of nitrogens with zero attached hydrogens (tertiary/aromatic N) is 2. The molecule has 1 N–H and O–H groups in total. The molecule has 2 aromatic rings. The smallest absolute Gasteiger partial charge is 0.339 e. The number of carboxylic acids is 1. The van der Waals surface area contributed by atoms with Crippen LogP contribution in [0.25, 0.3) is 10.9 Å². The van der Waals surface area contributed by atoms with E-state index in [0.29, 0.717) is 12.4 Å². The van der Waals surface area contributed by atoms with Gasteiger partial charge in [-0.25, -0.2) is 4.79 Å². The third-order valence-electron chi connectivity index (χ3n) is 5.61. The Bertz CT molecular complexity index is 815. The van der Waals surface area contributed by atoms with Crippen LogP contribution in [0.1, 0.15) is 56.8 Å². The molecule has 6 heteroatoms. The first-order valence-corrected chi connectivity index (χ1v) is 8.88. The maximum atomic E-state index is 11.6. The molecule has 1 aromatic carbocycles. The summed E-state index contributed by atoms with van der Waals surface area (Å²) in [6.45, 7) is 6.61. The number of hydrogen-bond acceptors (Lipinski definition) is 4. The SMILES string of the molecule is CC(C)Oc1cc2nn(C34CCC(C)(CC3)OC4)cc2cc1C(=O)O. The molecule has 0 amide bonds. The summed E-state index contributed by atoms with van der Waals surface area (Å²) in [5.74, 6) is -0.619. The quantitative estimate of drug-likeness (QED) is 0.918. The van der Waals surface area contributed by atoms with E-state index in [0.717, 1.165) is 36.6 Å². The Labute approximate surface area is 146 Å². The Kier molecular flexibility index (Phi) is 3.58. The molecule has 1 aliphatic carbocycles. The summed E-state index contributed by atoms with van der Waals surface area (Å²) in [7, 11) is 0. The monoisotopic (exact) mass is 344 g/mol. The normalized spacial score (nSPS) is 28.6. The summed E-state index contributed by atoms with van der Waals surface area (Å²) in [5.41, 5.74) is 0.839. The Morgan fingerprint density at radius 1 is 1.32 bits per heavy atom. The molecule has 0 atom stereocenters. The first kappa shape index (κ1) is 16.4. The molecule has 1 saturated carbocycles. The van der Waals surface area contributed by atoms with Gasteiger partial charge in [-0.2, -0.15) is 5.10 Å². The van der Waals surface area contributed by atoms with Crippen molar-refractivity contribution in [3.8, 4) is 5.75 Å². The second-order valence-corrected chi connectivity index (χ2v) is 7.92. The van der Waals surface area contributed by atoms with Crippen molar-refractivity contribution >= 4 is 16.9 Å².